The molecule has 1 saturated carbocycles. The van der Waals surface area contributed by atoms with Crippen LogP contribution in [-0.2, 0) is 14.8 Å². The second kappa shape index (κ2) is 7.24. The lowest BCUT2D eigenvalue weighted by Gasteiger charge is -2.25. The number of sulfonamides is 1. The van der Waals surface area contributed by atoms with Crippen molar-refractivity contribution in [2.75, 3.05) is 19.3 Å². The van der Waals surface area contributed by atoms with Crippen molar-refractivity contribution in [1.29, 1.82) is 0 Å². The standard InChI is InChI=1S/C13H26N2O3S/c1-11(2)8-9-14-13(16)10-15(19(3,17)18)12-6-4-5-7-12/h11-12H,4-10H2,1-3H3,(H,14,16). The van der Waals surface area contributed by atoms with E-state index in [1.807, 2.05) is 0 Å². The molecule has 0 spiro atoms. The molecule has 1 amide bonds. The van der Waals surface area contributed by atoms with Crippen molar-refractivity contribution in [1.82, 2.24) is 9.62 Å². The molecule has 0 aliphatic heterocycles. The number of carbonyl (C=O) groups excluding carboxylic acids is 1. The number of amides is 1. The van der Waals surface area contributed by atoms with Crippen molar-refractivity contribution in [3.8, 4) is 0 Å². The maximum atomic E-state index is 11.8. The number of nitrogens with zero attached hydrogens (tertiary/aromatic N) is 1. The first-order valence-corrected chi connectivity index (χ1v) is 8.89. The predicted molar refractivity (Wildman–Crippen MR) is 76.3 cm³/mol. The van der Waals surface area contributed by atoms with Crippen LogP contribution in [0.3, 0.4) is 0 Å². The molecule has 0 radical (unpaired) electrons. The van der Waals surface area contributed by atoms with Crippen molar-refractivity contribution >= 4 is 15.9 Å². The molecule has 0 atom stereocenters. The van der Waals surface area contributed by atoms with E-state index in [-0.39, 0.29) is 18.5 Å². The van der Waals surface area contributed by atoms with Gasteiger partial charge in [-0.1, -0.05) is 26.7 Å². The van der Waals surface area contributed by atoms with Gasteiger partial charge in [-0.15, -0.1) is 0 Å². The van der Waals surface area contributed by atoms with Crippen LogP contribution in [-0.4, -0.2) is 44.0 Å². The molecular formula is C13H26N2O3S. The molecule has 5 nitrogen and oxygen atoms in total. The summed E-state index contributed by atoms with van der Waals surface area (Å²) >= 11 is 0. The van der Waals surface area contributed by atoms with Crippen LogP contribution in [0.15, 0.2) is 0 Å². The van der Waals surface area contributed by atoms with Crippen molar-refractivity contribution in [2.45, 2.75) is 52.0 Å². The molecule has 1 aliphatic carbocycles. The summed E-state index contributed by atoms with van der Waals surface area (Å²) in [6.45, 7) is 4.75. The van der Waals surface area contributed by atoms with Crippen LogP contribution >= 0.6 is 0 Å². The van der Waals surface area contributed by atoms with Gasteiger partial charge in [0.25, 0.3) is 0 Å². The third-order valence-corrected chi connectivity index (χ3v) is 4.78. The average Bonchev–Trinajstić information content (AvgIpc) is 2.76. The summed E-state index contributed by atoms with van der Waals surface area (Å²) < 4.78 is 24.9. The van der Waals surface area contributed by atoms with Gasteiger partial charge in [0.1, 0.15) is 0 Å². The van der Waals surface area contributed by atoms with Gasteiger partial charge in [0.2, 0.25) is 15.9 Å². The highest BCUT2D eigenvalue weighted by Gasteiger charge is 2.30. The molecule has 1 N–H and O–H groups in total. The summed E-state index contributed by atoms with van der Waals surface area (Å²) in [4.78, 5) is 11.8. The van der Waals surface area contributed by atoms with E-state index in [0.29, 0.717) is 12.5 Å². The summed E-state index contributed by atoms with van der Waals surface area (Å²) in [7, 11) is -3.31. The monoisotopic (exact) mass is 290 g/mol. The molecule has 1 aliphatic rings. The molecule has 0 heterocycles. The minimum absolute atomic E-state index is 0.00542. The molecule has 1 rings (SSSR count). The van der Waals surface area contributed by atoms with E-state index >= 15 is 0 Å². The van der Waals surface area contributed by atoms with Gasteiger partial charge in [-0.3, -0.25) is 4.79 Å². The van der Waals surface area contributed by atoms with Gasteiger partial charge in [-0.25, -0.2) is 8.42 Å². The van der Waals surface area contributed by atoms with Crippen molar-refractivity contribution in [3.63, 3.8) is 0 Å². The lowest BCUT2D eigenvalue weighted by molar-refractivity contribution is -0.121. The highest BCUT2D eigenvalue weighted by molar-refractivity contribution is 7.88. The molecule has 1 fully saturated rings. The second-order valence-corrected chi connectivity index (χ2v) is 7.71. The van der Waals surface area contributed by atoms with Crippen LogP contribution in [0.2, 0.25) is 0 Å². The second-order valence-electron chi connectivity index (χ2n) is 5.78. The van der Waals surface area contributed by atoms with E-state index in [1.54, 1.807) is 0 Å². The number of nitrogens with one attached hydrogen (secondary N) is 1. The fourth-order valence-corrected chi connectivity index (χ4v) is 3.51. The highest BCUT2D eigenvalue weighted by Crippen LogP contribution is 2.24. The van der Waals surface area contributed by atoms with Gasteiger partial charge in [0.15, 0.2) is 0 Å². The van der Waals surface area contributed by atoms with Gasteiger partial charge >= 0.3 is 0 Å². The summed E-state index contributed by atoms with van der Waals surface area (Å²) in [5.74, 6) is 0.333. The zero-order chi connectivity index (χ0) is 14.5. The van der Waals surface area contributed by atoms with E-state index in [2.05, 4.69) is 19.2 Å². The Bertz CT molecular complexity index is 387. The molecular weight excluding hydrogens is 264 g/mol. The van der Waals surface area contributed by atoms with Crippen molar-refractivity contribution in [2.24, 2.45) is 5.92 Å². The summed E-state index contributed by atoms with van der Waals surface area (Å²) in [5.41, 5.74) is 0. The Morgan fingerprint density at radius 2 is 1.89 bits per heavy atom. The molecule has 0 aromatic rings. The van der Waals surface area contributed by atoms with Crippen LogP contribution in [0.25, 0.3) is 0 Å². The first kappa shape index (κ1) is 16.4. The Morgan fingerprint density at radius 3 is 2.37 bits per heavy atom. The van der Waals surface area contributed by atoms with Crippen LogP contribution in [0.1, 0.15) is 46.0 Å². The largest absolute Gasteiger partial charge is 0.355 e. The Balaban J connectivity index is 2.50. The lowest BCUT2D eigenvalue weighted by atomic mass is 10.1. The summed E-state index contributed by atoms with van der Waals surface area (Å²) in [5, 5.41) is 2.79. The molecule has 0 saturated heterocycles. The Labute approximate surface area is 116 Å². The van der Waals surface area contributed by atoms with E-state index in [0.717, 1.165) is 32.1 Å². The van der Waals surface area contributed by atoms with Gasteiger partial charge in [0.05, 0.1) is 12.8 Å². The van der Waals surface area contributed by atoms with E-state index in [9.17, 15) is 13.2 Å². The topological polar surface area (TPSA) is 66.5 Å². The third-order valence-electron chi connectivity index (χ3n) is 3.50. The molecule has 6 heteroatoms. The van der Waals surface area contributed by atoms with Crippen LogP contribution in [0, 0.1) is 5.92 Å². The zero-order valence-electron chi connectivity index (χ0n) is 12.2. The number of carbonyl (C=O) groups is 1. The molecule has 0 unspecified atom stereocenters. The Morgan fingerprint density at radius 1 is 1.32 bits per heavy atom. The normalized spacial score (nSPS) is 17.3. The SMILES string of the molecule is CC(C)CCNC(=O)CN(C1CCCC1)S(C)(=O)=O. The Hall–Kier alpha value is -0.620. The van der Waals surface area contributed by atoms with Crippen LogP contribution < -0.4 is 5.32 Å². The number of hydrogen-bond acceptors (Lipinski definition) is 3. The van der Waals surface area contributed by atoms with Crippen molar-refractivity contribution in [3.05, 3.63) is 0 Å². The molecule has 0 aromatic heterocycles. The minimum atomic E-state index is -3.31. The molecule has 0 aromatic carbocycles. The van der Waals surface area contributed by atoms with Gasteiger partial charge < -0.3 is 5.32 Å². The van der Waals surface area contributed by atoms with Crippen LogP contribution in [0.5, 0.6) is 0 Å². The summed E-state index contributed by atoms with van der Waals surface area (Å²) in [6, 6.07) is 0.00542. The smallest absolute Gasteiger partial charge is 0.235 e. The summed E-state index contributed by atoms with van der Waals surface area (Å²) in [6.07, 6.45) is 5.93. The van der Waals surface area contributed by atoms with Crippen molar-refractivity contribution < 1.29 is 13.2 Å². The fraction of sp³-hybridized carbons (Fsp3) is 0.923. The average molecular weight is 290 g/mol. The highest BCUT2D eigenvalue weighted by atomic mass is 32.2. The molecule has 19 heavy (non-hydrogen) atoms. The van der Waals surface area contributed by atoms with E-state index in [1.165, 1.54) is 10.6 Å². The first-order valence-electron chi connectivity index (χ1n) is 7.04. The van der Waals surface area contributed by atoms with E-state index in [4.69, 9.17) is 0 Å². The minimum Gasteiger partial charge on any atom is -0.355 e. The Kier molecular flexibility index (Phi) is 6.26. The fourth-order valence-electron chi connectivity index (χ4n) is 2.41. The maximum Gasteiger partial charge on any atom is 0.235 e. The van der Waals surface area contributed by atoms with Gasteiger partial charge in [0, 0.05) is 12.6 Å². The third kappa shape index (κ3) is 5.91. The quantitative estimate of drug-likeness (QED) is 0.769. The predicted octanol–water partition coefficient (Wildman–Crippen LogP) is 1.35. The molecule has 0 bridgehead atoms. The number of hydrogen-bond donors (Lipinski definition) is 1. The van der Waals surface area contributed by atoms with E-state index < -0.39 is 10.0 Å². The number of rotatable bonds is 7. The van der Waals surface area contributed by atoms with Gasteiger partial charge in [-0.05, 0) is 25.2 Å². The molecule has 112 valence electrons. The van der Waals surface area contributed by atoms with Crippen LogP contribution in [0.4, 0.5) is 0 Å². The van der Waals surface area contributed by atoms with Gasteiger partial charge in [-0.2, -0.15) is 4.31 Å². The maximum absolute atomic E-state index is 11.8. The lowest BCUT2D eigenvalue weighted by Crippen LogP contribution is -2.45. The zero-order valence-corrected chi connectivity index (χ0v) is 13.0. The first-order chi connectivity index (χ1) is 8.80.